The summed E-state index contributed by atoms with van der Waals surface area (Å²) < 4.78 is 7.08. The molecule has 6 rings (SSSR count). The summed E-state index contributed by atoms with van der Waals surface area (Å²) in [6.07, 6.45) is 5.56. The highest BCUT2D eigenvalue weighted by Gasteiger charge is 2.18. The van der Waals surface area contributed by atoms with Crippen molar-refractivity contribution < 1.29 is 5.11 Å². The fraction of sp³-hybridized carbons (Fsp3) is 0.167. The molecule has 7 nitrogen and oxygen atoms in total. The number of pyridine rings is 2. The van der Waals surface area contributed by atoms with Crippen molar-refractivity contribution in [2.24, 2.45) is 0 Å². The van der Waals surface area contributed by atoms with Crippen molar-refractivity contribution in [3.63, 3.8) is 0 Å². The number of halogens is 1. The van der Waals surface area contributed by atoms with Crippen LogP contribution in [0, 0.1) is 6.92 Å². The van der Waals surface area contributed by atoms with E-state index in [0.29, 0.717) is 6.54 Å². The van der Waals surface area contributed by atoms with E-state index in [0.717, 1.165) is 64.2 Å². The monoisotopic (exact) mass is 586 g/mol. The summed E-state index contributed by atoms with van der Waals surface area (Å²) in [7, 11) is 0. The molecule has 6 aromatic rings. The maximum Gasteiger partial charge on any atom is 0.130 e. The lowest BCUT2D eigenvalue weighted by molar-refractivity contribution is 0.0591. The smallest absolute Gasteiger partial charge is 0.130 e. The van der Waals surface area contributed by atoms with Gasteiger partial charge in [0.2, 0.25) is 0 Å². The van der Waals surface area contributed by atoms with E-state index >= 15 is 0 Å². The summed E-state index contributed by atoms with van der Waals surface area (Å²) in [5.74, 6) is 0.738. The van der Waals surface area contributed by atoms with Crippen LogP contribution in [0.3, 0.4) is 0 Å². The van der Waals surface area contributed by atoms with E-state index in [1.165, 1.54) is 11.9 Å². The van der Waals surface area contributed by atoms with Crippen molar-refractivity contribution in [2.75, 3.05) is 10.0 Å². The number of fused-ring (bicyclic) bond motifs is 2. The lowest BCUT2D eigenvalue weighted by atomic mass is 9.98. The second kappa shape index (κ2) is 10.7. The van der Waals surface area contributed by atoms with Gasteiger partial charge in [-0.2, -0.15) is 5.10 Å². The number of hydrogen-bond donors (Lipinski definition) is 3. The Morgan fingerprint density at radius 1 is 0.975 bits per heavy atom. The molecule has 0 spiro atoms. The highest BCUT2D eigenvalue weighted by molar-refractivity contribution is 8.02. The lowest BCUT2D eigenvalue weighted by Gasteiger charge is -2.18. The quantitative estimate of drug-likeness (QED) is 0.155. The molecule has 3 N–H and O–H groups in total. The van der Waals surface area contributed by atoms with Crippen LogP contribution in [-0.4, -0.2) is 30.5 Å². The van der Waals surface area contributed by atoms with Gasteiger partial charge in [0.1, 0.15) is 5.82 Å². The van der Waals surface area contributed by atoms with Gasteiger partial charge in [0, 0.05) is 45.5 Å². The molecule has 0 saturated carbocycles. The minimum absolute atomic E-state index is 0.419. The van der Waals surface area contributed by atoms with E-state index in [2.05, 4.69) is 39.2 Å². The van der Waals surface area contributed by atoms with Crippen LogP contribution in [0.4, 0.5) is 17.2 Å². The third kappa shape index (κ3) is 5.64. The molecule has 0 atom stereocenters. The standard InChI is InChI=1S/C30H27ClN6OS2/c1-18-22(8-9-25-24(18)16-34-37(25)17-30(2,3)38)29-23-14-27(33-15-19(23)12-13-32-29)35-20-4-6-21(7-5-20)36-40-28-11-10-26(31)39-28/h4-16,36,38H,17H2,1-3H3,(H,33,35). The number of anilines is 3. The second-order valence-corrected chi connectivity index (χ2v) is 13.0. The largest absolute Gasteiger partial charge is 0.389 e. The van der Waals surface area contributed by atoms with E-state index in [1.807, 2.05) is 71.8 Å². The van der Waals surface area contributed by atoms with Crippen molar-refractivity contribution in [1.29, 1.82) is 0 Å². The second-order valence-electron chi connectivity index (χ2n) is 10.2. The number of nitrogens with zero attached hydrogens (tertiary/aromatic N) is 4. The Kier molecular flexibility index (Phi) is 7.14. The minimum atomic E-state index is -0.853. The summed E-state index contributed by atoms with van der Waals surface area (Å²) in [6, 6.07) is 20.1. The van der Waals surface area contributed by atoms with Crippen molar-refractivity contribution in [3.8, 4) is 11.3 Å². The van der Waals surface area contributed by atoms with E-state index in [9.17, 15) is 5.11 Å². The molecule has 0 radical (unpaired) electrons. The Morgan fingerprint density at radius 3 is 2.52 bits per heavy atom. The summed E-state index contributed by atoms with van der Waals surface area (Å²) in [5.41, 5.74) is 5.09. The van der Waals surface area contributed by atoms with Crippen molar-refractivity contribution >= 4 is 73.8 Å². The van der Waals surface area contributed by atoms with E-state index in [-0.39, 0.29) is 0 Å². The number of benzene rings is 2. The number of hydrogen-bond acceptors (Lipinski definition) is 8. The topological polar surface area (TPSA) is 87.9 Å². The van der Waals surface area contributed by atoms with Gasteiger partial charge in [-0.15, -0.1) is 11.3 Å². The number of aryl methyl sites for hydroxylation is 1. The van der Waals surface area contributed by atoms with Crippen molar-refractivity contribution in [3.05, 3.63) is 89.2 Å². The highest BCUT2D eigenvalue weighted by Crippen LogP contribution is 2.35. The summed E-state index contributed by atoms with van der Waals surface area (Å²) in [6.45, 7) is 6.08. The summed E-state index contributed by atoms with van der Waals surface area (Å²) >= 11 is 9.10. The zero-order chi connectivity index (χ0) is 27.9. The van der Waals surface area contributed by atoms with Gasteiger partial charge in [-0.1, -0.05) is 17.7 Å². The van der Waals surface area contributed by atoms with Crippen molar-refractivity contribution in [1.82, 2.24) is 19.7 Å². The first-order chi connectivity index (χ1) is 19.2. The molecule has 202 valence electrons. The average molecular weight is 587 g/mol. The molecule has 4 heterocycles. The molecule has 0 aliphatic heterocycles. The number of nitrogens with one attached hydrogen (secondary N) is 2. The van der Waals surface area contributed by atoms with E-state index < -0.39 is 5.60 Å². The average Bonchev–Trinajstić information content (AvgIpc) is 3.53. The summed E-state index contributed by atoms with van der Waals surface area (Å²) in [5, 5.41) is 21.3. The van der Waals surface area contributed by atoms with Gasteiger partial charge in [0.15, 0.2) is 0 Å². The van der Waals surface area contributed by atoms with Gasteiger partial charge in [-0.05, 0) is 92.9 Å². The molecule has 0 unspecified atom stereocenters. The highest BCUT2D eigenvalue weighted by atomic mass is 35.5. The first kappa shape index (κ1) is 26.6. The lowest BCUT2D eigenvalue weighted by Crippen LogP contribution is -2.26. The Balaban J connectivity index is 1.26. The molecule has 40 heavy (non-hydrogen) atoms. The van der Waals surface area contributed by atoms with Crippen LogP contribution in [0.1, 0.15) is 19.4 Å². The third-order valence-corrected chi connectivity index (χ3v) is 8.71. The number of thiophene rings is 1. The van der Waals surface area contributed by atoms with Crippen LogP contribution >= 0.6 is 34.9 Å². The minimum Gasteiger partial charge on any atom is -0.389 e. The maximum absolute atomic E-state index is 10.3. The zero-order valence-corrected chi connectivity index (χ0v) is 24.5. The molecule has 0 saturated heterocycles. The summed E-state index contributed by atoms with van der Waals surface area (Å²) in [4.78, 5) is 9.42. The van der Waals surface area contributed by atoms with Gasteiger partial charge in [-0.3, -0.25) is 9.67 Å². The molecule has 4 aromatic heterocycles. The van der Waals surface area contributed by atoms with Crippen LogP contribution in [-0.2, 0) is 6.54 Å². The fourth-order valence-corrected chi connectivity index (χ4v) is 6.59. The molecular weight excluding hydrogens is 560 g/mol. The molecule has 0 bridgehead atoms. The molecule has 0 aliphatic rings. The Hall–Kier alpha value is -3.63. The Labute approximate surface area is 245 Å². The van der Waals surface area contributed by atoms with Crippen LogP contribution in [0.5, 0.6) is 0 Å². The van der Waals surface area contributed by atoms with Gasteiger partial charge in [-0.25, -0.2) is 4.98 Å². The predicted octanol–water partition coefficient (Wildman–Crippen LogP) is 8.30. The first-order valence-corrected chi connectivity index (χ1v) is 14.7. The van der Waals surface area contributed by atoms with Crippen LogP contribution in [0.15, 0.2) is 83.5 Å². The zero-order valence-electron chi connectivity index (χ0n) is 22.1. The Bertz CT molecular complexity index is 1820. The van der Waals surface area contributed by atoms with Gasteiger partial charge in [0.05, 0.1) is 38.1 Å². The SMILES string of the molecule is Cc1c(-c2nccc3cnc(Nc4ccc(NSc5ccc(Cl)s5)cc4)cc23)ccc2c1cnn2CC(C)(C)O. The molecular formula is C30H27ClN6OS2. The molecule has 0 amide bonds. The normalized spacial score (nSPS) is 11.8. The van der Waals surface area contributed by atoms with Gasteiger partial charge < -0.3 is 15.1 Å². The molecule has 2 aromatic carbocycles. The number of rotatable bonds is 8. The van der Waals surface area contributed by atoms with Crippen LogP contribution in [0.2, 0.25) is 4.34 Å². The number of aromatic nitrogens is 4. The van der Waals surface area contributed by atoms with E-state index in [1.54, 1.807) is 25.2 Å². The van der Waals surface area contributed by atoms with Crippen LogP contribution in [0.25, 0.3) is 32.9 Å². The predicted molar refractivity (Wildman–Crippen MR) is 168 cm³/mol. The Morgan fingerprint density at radius 2 is 1.77 bits per heavy atom. The van der Waals surface area contributed by atoms with Gasteiger partial charge in [0.25, 0.3) is 0 Å². The van der Waals surface area contributed by atoms with Crippen LogP contribution < -0.4 is 10.0 Å². The maximum atomic E-state index is 10.3. The van der Waals surface area contributed by atoms with Crippen molar-refractivity contribution in [2.45, 2.75) is 37.1 Å². The van der Waals surface area contributed by atoms with Gasteiger partial charge >= 0.3 is 0 Å². The van der Waals surface area contributed by atoms with E-state index in [4.69, 9.17) is 16.6 Å². The molecule has 0 fully saturated rings. The molecule has 10 heteroatoms. The third-order valence-electron chi connectivity index (χ3n) is 6.51. The fourth-order valence-electron chi connectivity index (χ4n) is 4.62. The number of aliphatic hydroxyl groups is 1. The molecule has 0 aliphatic carbocycles. The first-order valence-electron chi connectivity index (χ1n) is 12.7.